The van der Waals surface area contributed by atoms with Gasteiger partial charge in [-0.25, -0.2) is 4.98 Å². The summed E-state index contributed by atoms with van der Waals surface area (Å²) in [4.78, 5) is 15.9. The van der Waals surface area contributed by atoms with Gasteiger partial charge in [-0.1, -0.05) is 11.6 Å². The highest BCUT2D eigenvalue weighted by Crippen LogP contribution is 2.19. The van der Waals surface area contributed by atoms with Crippen molar-refractivity contribution in [2.45, 2.75) is 13.3 Å². The van der Waals surface area contributed by atoms with Crippen molar-refractivity contribution in [2.75, 3.05) is 30.4 Å². The van der Waals surface area contributed by atoms with E-state index in [1.165, 1.54) is 6.20 Å². The van der Waals surface area contributed by atoms with E-state index < -0.39 is 10.8 Å². The molecule has 1 amide bonds. The largest absolute Gasteiger partial charge is 0.369 e. The molecule has 0 aliphatic rings. The van der Waals surface area contributed by atoms with Crippen LogP contribution in [0.2, 0.25) is 5.02 Å². The van der Waals surface area contributed by atoms with E-state index in [0.717, 1.165) is 0 Å². The van der Waals surface area contributed by atoms with Crippen LogP contribution in [0.4, 0.5) is 5.82 Å². The highest BCUT2D eigenvalue weighted by molar-refractivity contribution is 7.84. The van der Waals surface area contributed by atoms with Gasteiger partial charge >= 0.3 is 0 Å². The molecule has 0 aliphatic heterocycles. The lowest BCUT2D eigenvalue weighted by atomic mass is 10.2. The molecule has 0 radical (unpaired) electrons. The van der Waals surface area contributed by atoms with Crippen LogP contribution in [0.25, 0.3) is 0 Å². The molecule has 0 spiro atoms. The second kappa shape index (κ2) is 8.12. The molecule has 1 unspecified atom stereocenters. The quantitative estimate of drug-likeness (QED) is 0.752. The number of rotatable bonds is 7. The van der Waals surface area contributed by atoms with Gasteiger partial charge in [-0.15, -0.1) is 0 Å². The summed E-state index contributed by atoms with van der Waals surface area (Å²) in [5.74, 6) is 0.931. The van der Waals surface area contributed by atoms with Crippen LogP contribution in [0.3, 0.4) is 0 Å². The minimum absolute atomic E-state index is 0.223. The number of aromatic nitrogens is 1. The summed E-state index contributed by atoms with van der Waals surface area (Å²) in [5, 5.41) is 6.16. The Balaban J connectivity index is 2.53. The van der Waals surface area contributed by atoms with E-state index in [0.29, 0.717) is 41.7 Å². The molecular weight excluding hydrogens is 286 g/mol. The average Bonchev–Trinajstić information content (AvgIpc) is 2.36. The van der Waals surface area contributed by atoms with E-state index in [-0.39, 0.29) is 5.91 Å². The van der Waals surface area contributed by atoms with Crippen molar-refractivity contribution in [1.82, 2.24) is 10.3 Å². The number of halogens is 1. The molecular formula is C12H18ClN3O2S. The Labute approximate surface area is 120 Å². The summed E-state index contributed by atoms with van der Waals surface area (Å²) < 4.78 is 10.9. The molecule has 1 aromatic rings. The molecule has 1 aromatic heterocycles. The zero-order chi connectivity index (χ0) is 14.3. The maximum atomic E-state index is 11.8. The number of anilines is 1. The van der Waals surface area contributed by atoms with Gasteiger partial charge in [0, 0.05) is 42.1 Å². The summed E-state index contributed by atoms with van der Waals surface area (Å²) in [6, 6.07) is 1.58. The molecule has 1 heterocycles. The molecule has 1 rings (SSSR count). The van der Waals surface area contributed by atoms with Gasteiger partial charge in [-0.2, -0.15) is 0 Å². The van der Waals surface area contributed by atoms with Crippen LogP contribution in [0.15, 0.2) is 12.3 Å². The van der Waals surface area contributed by atoms with Gasteiger partial charge in [0.25, 0.3) is 5.91 Å². The topological polar surface area (TPSA) is 71.1 Å². The lowest BCUT2D eigenvalue weighted by Gasteiger charge is -2.08. The van der Waals surface area contributed by atoms with Gasteiger partial charge in [-0.05, 0) is 19.4 Å². The van der Waals surface area contributed by atoms with Crippen LogP contribution in [0.5, 0.6) is 0 Å². The third-order valence-electron chi connectivity index (χ3n) is 2.34. The number of hydrogen-bond donors (Lipinski definition) is 2. The molecule has 7 heteroatoms. The number of amides is 1. The van der Waals surface area contributed by atoms with E-state index >= 15 is 0 Å². The van der Waals surface area contributed by atoms with Crippen LogP contribution < -0.4 is 10.6 Å². The van der Waals surface area contributed by atoms with Crippen LogP contribution in [0, 0.1) is 0 Å². The van der Waals surface area contributed by atoms with Gasteiger partial charge in [0.2, 0.25) is 0 Å². The van der Waals surface area contributed by atoms with Gasteiger partial charge in [0.15, 0.2) is 0 Å². The van der Waals surface area contributed by atoms with Crippen molar-refractivity contribution in [1.29, 1.82) is 0 Å². The fourth-order valence-corrected chi connectivity index (χ4v) is 2.22. The molecule has 19 heavy (non-hydrogen) atoms. The molecule has 0 aromatic carbocycles. The van der Waals surface area contributed by atoms with E-state index in [9.17, 15) is 9.00 Å². The predicted octanol–water partition coefficient (Wildman–Crippen LogP) is 1.67. The number of pyridine rings is 1. The zero-order valence-electron chi connectivity index (χ0n) is 11.0. The van der Waals surface area contributed by atoms with Crippen molar-refractivity contribution in [3.63, 3.8) is 0 Å². The molecule has 0 bridgehead atoms. The van der Waals surface area contributed by atoms with E-state index in [1.54, 1.807) is 12.3 Å². The van der Waals surface area contributed by atoms with Crippen LogP contribution in [-0.4, -0.2) is 40.2 Å². The van der Waals surface area contributed by atoms with Crippen LogP contribution in [0.1, 0.15) is 23.7 Å². The van der Waals surface area contributed by atoms with Crippen LogP contribution >= 0.6 is 11.6 Å². The molecule has 0 saturated heterocycles. The highest BCUT2D eigenvalue weighted by atomic mass is 35.5. The number of hydrogen-bond acceptors (Lipinski definition) is 4. The third-order valence-corrected chi connectivity index (χ3v) is 3.49. The van der Waals surface area contributed by atoms with Crippen molar-refractivity contribution in [2.24, 2.45) is 0 Å². The molecule has 0 fully saturated rings. The van der Waals surface area contributed by atoms with E-state index in [1.807, 2.05) is 6.92 Å². The van der Waals surface area contributed by atoms with Crippen LogP contribution in [-0.2, 0) is 10.8 Å². The molecule has 5 nitrogen and oxygen atoms in total. The zero-order valence-corrected chi connectivity index (χ0v) is 12.6. The molecule has 0 aliphatic carbocycles. The Morgan fingerprint density at radius 2 is 2.26 bits per heavy atom. The van der Waals surface area contributed by atoms with Crippen molar-refractivity contribution < 1.29 is 9.00 Å². The summed E-state index contributed by atoms with van der Waals surface area (Å²) in [6.45, 7) is 3.15. The summed E-state index contributed by atoms with van der Waals surface area (Å²) in [7, 11) is -0.827. The van der Waals surface area contributed by atoms with Gasteiger partial charge in [-0.3, -0.25) is 9.00 Å². The summed E-state index contributed by atoms with van der Waals surface area (Å²) >= 11 is 6.01. The first-order valence-corrected chi connectivity index (χ1v) is 8.12. The van der Waals surface area contributed by atoms with E-state index in [4.69, 9.17) is 11.6 Å². The van der Waals surface area contributed by atoms with Gasteiger partial charge < -0.3 is 10.6 Å². The van der Waals surface area contributed by atoms with E-state index in [2.05, 4.69) is 15.6 Å². The first-order chi connectivity index (χ1) is 9.04. The minimum Gasteiger partial charge on any atom is -0.369 e. The normalized spacial score (nSPS) is 11.9. The highest BCUT2D eigenvalue weighted by Gasteiger charge is 2.09. The Morgan fingerprint density at radius 3 is 2.84 bits per heavy atom. The molecule has 0 saturated carbocycles. The number of nitrogens with zero attached hydrogens (tertiary/aromatic N) is 1. The Morgan fingerprint density at radius 1 is 1.53 bits per heavy atom. The number of carbonyl (C=O) groups excluding carboxylic acids is 1. The summed E-state index contributed by atoms with van der Waals surface area (Å²) in [5.41, 5.74) is 0.421. The predicted molar refractivity (Wildman–Crippen MR) is 79.3 cm³/mol. The second-order valence-electron chi connectivity index (χ2n) is 3.97. The Hall–Kier alpha value is -1.14. The maximum absolute atomic E-state index is 11.8. The first kappa shape index (κ1) is 15.9. The number of carbonyl (C=O) groups is 1. The van der Waals surface area contributed by atoms with Gasteiger partial charge in [0.1, 0.15) is 5.82 Å². The minimum atomic E-state index is -0.827. The second-order valence-corrected chi connectivity index (χ2v) is 5.93. The van der Waals surface area contributed by atoms with Gasteiger partial charge in [0.05, 0.1) is 10.6 Å². The standard InChI is InChI=1S/C12H18ClN3O2S/c1-3-14-11-10(13)7-9(8-16-11)12(17)15-5-4-6-19(2)18/h7-8H,3-6H2,1-2H3,(H,14,16)(H,15,17). The average molecular weight is 304 g/mol. The van der Waals surface area contributed by atoms with Crippen molar-refractivity contribution in [3.05, 3.63) is 22.8 Å². The first-order valence-electron chi connectivity index (χ1n) is 6.02. The molecule has 106 valence electrons. The fourth-order valence-electron chi connectivity index (χ4n) is 1.44. The monoisotopic (exact) mass is 303 g/mol. The lowest BCUT2D eigenvalue weighted by Crippen LogP contribution is -2.25. The smallest absolute Gasteiger partial charge is 0.252 e. The van der Waals surface area contributed by atoms with Crippen molar-refractivity contribution in [3.8, 4) is 0 Å². The summed E-state index contributed by atoms with van der Waals surface area (Å²) in [6.07, 6.45) is 3.81. The lowest BCUT2D eigenvalue weighted by molar-refractivity contribution is 0.0953. The maximum Gasteiger partial charge on any atom is 0.252 e. The molecule has 1 atom stereocenters. The third kappa shape index (κ3) is 5.57. The Bertz CT molecular complexity index is 468. The Kier molecular flexibility index (Phi) is 6.80. The SMILES string of the molecule is CCNc1ncc(C(=O)NCCCS(C)=O)cc1Cl. The fraction of sp³-hybridized carbons (Fsp3) is 0.500. The van der Waals surface area contributed by atoms with Crippen molar-refractivity contribution >= 4 is 34.1 Å². The number of nitrogens with one attached hydrogen (secondary N) is 2. The molecule has 2 N–H and O–H groups in total.